The lowest BCUT2D eigenvalue weighted by molar-refractivity contribution is 0.573. The topological polar surface area (TPSA) is 58.5 Å². The number of aromatic amines is 1. The molecule has 2 rings (SSSR count). The molecule has 0 aliphatic carbocycles. The highest BCUT2D eigenvalue weighted by Gasteiger charge is 2.07. The van der Waals surface area contributed by atoms with E-state index in [4.69, 9.17) is 0 Å². The molecule has 2 N–H and O–H groups in total. The third-order valence-electron chi connectivity index (χ3n) is 2.64. The van der Waals surface area contributed by atoms with Crippen LogP contribution in [-0.2, 0) is 13.1 Å². The normalized spacial score (nSPS) is 12.9. The van der Waals surface area contributed by atoms with E-state index in [1.807, 2.05) is 23.3 Å². The van der Waals surface area contributed by atoms with E-state index in [9.17, 15) is 0 Å². The van der Waals surface area contributed by atoms with E-state index in [2.05, 4.69) is 40.7 Å². The first-order valence-corrected chi connectivity index (χ1v) is 5.53. The molecule has 0 saturated carbocycles. The number of hydrogen-bond acceptors (Lipinski definition) is 3. The quantitative estimate of drug-likeness (QED) is 0.800. The first kappa shape index (κ1) is 10.9. The van der Waals surface area contributed by atoms with Gasteiger partial charge >= 0.3 is 0 Å². The molecule has 2 aromatic heterocycles. The molecule has 2 aromatic rings. The fourth-order valence-electron chi connectivity index (χ4n) is 1.54. The van der Waals surface area contributed by atoms with E-state index in [0.717, 1.165) is 18.7 Å². The fraction of sp³-hybridized carbons (Fsp3) is 0.455. The van der Waals surface area contributed by atoms with Gasteiger partial charge in [0.1, 0.15) is 0 Å². The summed E-state index contributed by atoms with van der Waals surface area (Å²) < 4.78 is 1.94. The van der Waals surface area contributed by atoms with Crippen molar-refractivity contribution in [1.29, 1.82) is 0 Å². The van der Waals surface area contributed by atoms with Crippen molar-refractivity contribution in [2.24, 2.45) is 0 Å². The van der Waals surface area contributed by atoms with Gasteiger partial charge in [0.2, 0.25) is 0 Å². The minimum absolute atomic E-state index is 0.301. The zero-order valence-electron chi connectivity index (χ0n) is 9.64. The summed E-state index contributed by atoms with van der Waals surface area (Å²) in [5.74, 6) is 0. The number of hydrogen-bond donors (Lipinski definition) is 2. The predicted molar refractivity (Wildman–Crippen MR) is 61.7 cm³/mol. The monoisotopic (exact) mass is 219 g/mol. The van der Waals surface area contributed by atoms with Gasteiger partial charge in [-0.05, 0) is 13.8 Å². The van der Waals surface area contributed by atoms with Crippen LogP contribution < -0.4 is 5.32 Å². The van der Waals surface area contributed by atoms with Crippen LogP contribution in [0.2, 0.25) is 0 Å². The predicted octanol–water partition coefficient (Wildman–Crippen LogP) is 1.48. The molecule has 0 aliphatic rings. The molecule has 5 heteroatoms. The van der Waals surface area contributed by atoms with E-state index in [1.165, 1.54) is 5.56 Å². The first-order valence-electron chi connectivity index (χ1n) is 5.53. The molecular weight excluding hydrogens is 202 g/mol. The van der Waals surface area contributed by atoms with Gasteiger partial charge in [-0.25, -0.2) is 0 Å². The van der Waals surface area contributed by atoms with Crippen LogP contribution in [-0.4, -0.2) is 20.0 Å². The summed E-state index contributed by atoms with van der Waals surface area (Å²) >= 11 is 0. The van der Waals surface area contributed by atoms with Crippen molar-refractivity contribution in [3.63, 3.8) is 0 Å². The number of rotatable bonds is 5. The molecule has 1 atom stereocenters. The molecule has 5 nitrogen and oxygen atoms in total. The molecule has 0 aromatic carbocycles. The van der Waals surface area contributed by atoms with Crippen molar-refractivity contribution in [3.8, 4) is 0 Å². The van der Waals surface area contributed by atoms with Gasteiger partial charge in [0.25, 0.3) is 0 Å². The molecule has 0 saturated heterocycles. The van der Waals surface area contributed by atoms with Gasteiger partial charge in [0.15, 0.2) is 0 Å². The summed E-state index contributed by atoms with van der Waals surface area (Å²) in [4.78, 5) is 0. The van der Waals surface area contributed by atoms with Gasteiger partial charge in [-0.2, -0.15) is 10.2 Å². The van der Waals surface area contributed by atoms with E-state index >= 15 is 0 Å². The van der Waals surface area contributed by atoms with Gasteiger partial charge in [-0.1, -0.05) is 0 Å². The highest BCUT2D eigenvalue weighted by atomic mass is 15.3. The highest BCUT2D eigenvalue weighted by molar-refractivity contribution is 5.10. The Balaban J connectivity index is 1.90. The summed E-state index contributed by atoms with van der Waals surface area (Å²) in [6, 6.07) is 0.301. The van der Waals surface area contributed by atoms with Crippen LogP contribution in [0.25, 0.3) is 0 Å². The van der Waals surface area contributed by atoms with Crippen LogP contribution in [0.4, 0.5) is 0 Å². The molecular formula is C11H17N5. The Morgan fingerprint density at radius 3 is 3.00 bits per heavy atom. The summed E-state index contributed by atoms with van der Waals surface area (Å²) in [6.45, 7) is 5.95. The van der Waals surface area contributed by atoms with Crippen LogP contribution in [0, 0.1) is 0 Å². The SMILES string of the molecule is CCn1cc(C(C)NCc2cn[nH]c2)cn1. The smallest absolute Gasteiger partial charge is 0.0537 e. The molecule has 0 aliphatic heterocycles. The van der Waals surface area contributed by atoms with Crippen molar-refractivity contribution in [2.45, 2.75) is 33.0 Å². The number of aryl methyl sites for hydroxylation is 1. The molecule has 0 spiro atoms. The Morgan fingerprint density at radius 2 is 2.38 bits per heavy atom. The average Bonchev–Trinajstić information content (AvgIpc) is 2.96. The summed E-state index contributed by atoms with van der Waals surface area (Å²) in [5, 5.41) is 14.4. The van der Waals surface area contributed by atoms with E-state index < -0.39 is 0 Å². The van der Waals surface area contributed by atoms with Crippen molar-refractivity contribution < 1.29 is 0 Å². The second kappa shape index (κ2) is 4.94. The van der Waals surface area contributed by atoms with E-state index in [0.29, 0.717) is 6.04 Å². The van der Waals surface area contributed by atoms with Gasteiger partial charge in [-0.15, -0.1) is 0 Å². The zero-order chi connectivity index (χ0) is 11.4. The maximum atomic E-state index is 4.26. The first-order chi connectivity index (χ1) is 7.79. The molecule has 0 radical (unpaired) electrons. The Kier molecular flexibility index (Phi) is 3.36. The third-order valence-corrected chi connectivity index (χ3v) is 2.64. The Labute approximate surface area is 94.9 Å². The molecule has 0 amide bonds. The standard InChI is InChI=1S/C11H17N5/c1-3-16-8-11(7-15-16)9(2)12-4-10-5-13-14-6-10/h5-9,12H,3-4H2,1-2H3,(H,13,14). The minimum atomic E-state index is 0.301. The highest BCUT2D eigenvalue weighted by Crippen LogP contribution is 2.11. The molecule has 2 heterocycles. The molecule has 86 valence electrons. The second-order valence-corrected chi connectivity index (χ2v) is 3.84. The van der Waals surface area contributed by atoms with Crippen LogP contribution in [0.3, 0.4) is 0 Å². The third kappa shape index (κ3) is 2.49. The van der Waals surface area contributed by atoms with Crippen LogP contribution in [0.5, 0.6) is 0 Å². The van der Waals surface area contributed by atoms with Crippen LogP contribution >= 0.6 is 0 Å². The van der Waals surface area contributed by atoms with E-state index in [-0.39, 0.29) is 0 Å². The number of nitrogens with one attached hydrogen (secondary N) is 2. The lowest BCUT2D eigenvalue weighted by Crippen LogP contribution is -2.17. The Bertz CT molecular complexity index is 417. The lowest BCUT2D eigenvalue weighted by atomic mass is 10.2. The minimum Gasteiger partial charge on any atom is -0.306 e. The second-order valence-electron chi connectivity index (χ2n) is 3.84. The van der Waals surface area contributed by atoms with Gasteiger partial charge in [0, 0.05) is 42.7 Å². The Morgan fingerprint density at radius 1 is 1.50 bits per heavy atom. The summed E-state index contributed by atoms with van der Waals surface area (Å²) in [6.07, 6.45) is 7.72. The largest absolute Gasteiger partial charge is 0.306 e. The number of nitrogens with zero attached hydrogens (tertiary/aromatic N) is 3. The van der Waals surface area contributed by atoms with Gasteiger partial charge in [0.05, 0.1) is 12.4 Å². The van der Waals surface area contributed by atoms with Crippen LogP contribution in [0.15, 0.2) is 24.8 Å². The molecule has 16 heavy (non-hydrogen) atoms. The molecule has 1 unspecified atom stereocenters. The van der Waals surface area contributed by atoms with Crippen molar-refractivity contribution in [1.82, 2.24) is 25.3 Å². The number of aromatic nitrogens is 4. The summed E-state index contributed by atoms with van der Waals surface area (Å²) in [5.41, 5.74) is 2.38. The van der Waals surface area contributed by atoms with Crippen molar-refractivity contribution in [3.05, 3.63) is 35.9 Å². The Hall–Kier alpha value is -1.62. The van der Waals surface area contributed by atoms with Gasteiger partial charge in [-0.3, -0.25) is 9.78 Å². The number of H-pyrrole nitrogens is 1. The fourth-order valence-corrected chi connectivity index (χ4v) is 1.54. The zero-order valence-corrected chi connectivity index (χ0v) is 9.64. The van der Waals surface area contributed by atoms with Crippen LogP contribution in [0.1, 0.15) is 31.0 Å². The maximum absolute atomic E-state index is 4.26. The molecule has 0 bridgehead atoms. The lowest BCUT2D eigenvalue weighted by Gasteiger charge is -2.10. The van der Waals surface area contributed by atoms with Crippen molar-refractivity contribution in [2.75, 3.05) is 0 Å². The van der Waals surface area contributed by atoms with Crippen molar-refractivity contribution >= 4 is 0 Å². The summed E-state index contributed by atoms with van der Waals surface area (Å²) in [7, 11) is 0. The van der Waals surface area contributed by atoms with E-state index in [1.54, 1.807) is 0 Å². The average molecular weight is 219 g/mol. The molecule has 0 fully saturated rings. The van der Waals surface area contributed by atoms with Gasteiger partial charge < -0.3 is 5.32 Å². The maximum Gasteiger partial charge on any atom is 0.0537 e.